The number of nitrogens with zero attached hydrogens (tertiary/aromatic N) is 2. The Morgan fingerprint density at radius 1 is 1.23 bits per heavy atom. The monoisotopic (exact) mass is 432 g/mol. The van der Waals surface area contributed by atoms with Gasteiger partial charge in [0.15, 0.2) is 5.96 Å². The maximum absolute atomic E-state index is 12.5. The van der Waals surface area contributed by atoms with Crippen molar-refractivity contribution in [2.24, 2.45) is 4.99 Å². The number of likely N-dealkylation sites (tertiary alicyclic amines) is 1. The van der Waals surface area contributed by atoms with Crippen LogP contribution in [0.15, 0.2) is 29.3 Å². The van der Waals surface area contributed by atoms with Crippen molar-refractivity contribution in [2.75, 3.05) is 40.0 Å². The Morgan fingerprint density at radius 2 is 1.97 bits per heavy atom. The van der Waals surface area contributed by atoms with Crippen molar-refractivity contribution >= 4 is 11.9 Å². The van der Waals surface area contributed by atoms with Gasteiger partial charge in [-0.15, -0.1) is 0 Å². The fraction of sp³-hybridized carbons (Fsp3) is 0.667. The number of benzene rings is 1. The van der Waals surface area contributed by atoms with Gasteiger partial charge in [-0.2, -0.15) is 0 Å². The van der Waals surface area contributed by atoms with Crippen LogP contribution in [0.2, 0.25) is 0 Å². The van der Waals surface area contributed by atoms with Gasteiger partial charge in [0, 0.05) is 51.1 Å². The molecule has 1 aromatic rings. The molecule has 7 heteroatoms. The Labute approximate surface area is 187 Å². The largest absolute Gasteiger partial charge is 0.385 e. The van der Waals surface area contributed by atoms with E-state index in [9.17, 15) is 4.79 Å². The average Bonchev–Trinajstić information content (AvgIpc) is 2.74. The number of hydrogen-bond acceptors (Lipinski definition) is 4. The highest BCUT2D eigenvalue weighted by Gasteiger charge is 2.22. The van der Waals surface area contributed by atoms with Crippen LogP contribution >= 0.6 is 0 Å². The normalized spacial score (nSPS) is 15.8. The number of amides is 1. The topological polar surface area (TPSA) is 75.2 Å². The van der Waals surface area contributed by atoms with Crippen molar-refractivity contribution in [3.63, 3.8) is 0 Å². The smallest absolute Gasteiger partial charge is 0.251 e. The highest BCUT2D eigenvalue weighted by Crippen LogP contribution is 2.15. The first-order valence-corrected chi connectivity index (χ1v) is 11.4. The molecular weight excluding hydrogens is 392 g/mol. The van der Waals surface area contributed by atoms with Crippen LogP contribution in [0, 0.1) is 0 Å². The maximum Gasteiger partial charge on any atom is 0.251 e. The van der Waals surface area contributed by atoms with E-state index < -0.39 is 0 Å². The second kappa shape index (κ2) is 12.7. The molecule has 7 nitrogen and oxygen atoms in total. The van der Waals surface area contributed by atoms with Gasteiger partial charge in [-0.1, -0.05) is 12.1 Å². The fourth-order valence-corrected chi connectivity index (χ4v) is 3.50. The van der Waals surface area contributed by atoms with Crippen LogP contribution in [0.3, 0.4) is 0 Å². The minimum absolute atomic E-state index is 0.0576. The molecule has 31 heavy (non-hydrogen) atoms. The molecule has 1 heterocycles. The van der Waals surface area contributed by atoms with Gasteiger partial charge in [0.1, 0.15) is 0 Å². The lowest BCUT2D eigenvalue weighted by Gasteiger charge is -2.34. The summed E-state index contributed by atoms with van der Waals surface area (Å²) in [5, 5.41) is 6.42. The molecule has 2 N–H and O–H groups in total. The summed E-state index contributed by atoms with van der Waals surface area (Å²) in [5.74, 6) is 0.864. The van der Waals surface area contributed by atoms with E-state index in [2.05, 4.69) is 22.5 Å². The number of carbonyl (C=O) groups excluding carboxylic acids is 1. The van der Waals surface area contributed by atoms with Gasteiger partial charge in [0.05, 0.1) is 12.6 Å². The third-order valence-electron chi connectivity index (χ3n) is 5.01. The molecule has 0 aromatic heterocycles. The first-order chi connectivity index (χ1) is 14.8. The Bertz CT molecular complexity index is 707. The molecule has 0 unspecified atom stereocenters. The summed E-state index contributed by atoms with van der Waals surface area (Å²) in [4.78, 5) is 19.6. The van der Waals surface area contributed by atoms with Crippen LogP contribution in [-0.2, 0) is 16.0 Å². The minimum atomic E-state index is -0.261. The molecule has 0 aliphatic carbocycles. The van der Waals surface area contributed by atoms with Crippen LogP contribution in [-0.4, -0.2) is 68.4 Å². The molecule has 1 aliphatic heterocycles. The summed E-state index contributed by atoms with van der Waals surface area (Å²) >= 11 is 0. The number of nitrogens with one attached hydrogen (secondary N) is 2. The summed E-state index contributed by atoms with van der Waals surface area (Å²) in [6.45, 7) is 12.7. The molecule has 0 radical (unpaired) electrons. The zero-order valence-corrected chi connectivity index (χ0v) is 19.9. The highest BCUT2D eigenvalue weighted by molar-refractivity contribution is 5.94. The average molecular weight is 433 g/mol. The van der Waals surface area contributed by atoms with E-state index in [0.717, 1.165) is 63.6 Å². The van der Waals surface area contributed by atoms with Gasteiger partial charge < -0.3 is 25.0 Å². The molecule has 0 atom stereocenters. The standard InChI is InChI=1S/C24H40N4O3/c1-6-25-23(28-13-11-21(12-14-28)31-16-8-15-30-5)26-18-19-9-7-10-20(17-19)22(29)27-24(2,3)4/h7,9-10,17,21H,6,8,11-16,18H2,1-5H3,(H,25,26)(H,27,29). The number of carbonyl (C=O) groups is 1. The van der Waals surface area contributed by atoms with Gasteiger partial charge in [0.2, 0.25) is 0 Å². The van der Waals surface area contributed by atoms with Crippen LogP contribution in [0.5, 0.6) is 0 Å². The van der Waals surface area contributed by atoms with E-state index >= 15 is 0 Å². The van der Waals surface area contributed by atoms with E-state index in [4.69, 9.17) is 14.5 Å². The molecule has 2 rings (SSSR count). The predicted octanol–water partition coefficient (Wildman–Crippen LogP) is 3.20. The summed E-state index contributed by atoms with van der Waals surface area (Å²) in [7, 11) is 1.72. The molecule has 1 fully saturated rings. The second-order valence-corrected chi connectivity index (χ2v) is 8.98. The summed E-state index contributed by atoms with van der Waals surface area (Å²) in [6.07, 6.45) is 3.25. The predicted molar refractivity (Wildman–Crippen MR) is 126 cm³/mol. The molecular formula is C24H40N4O3. The highest BCUT2D eigenvalue weighted by atomic mass is 16.5. The van der Waals surface area contributed by atoms with Crippen LogP contribution in [0.4, 0.5) is 0 Å². The molecule has 0 saturated carbocycles. The van der Waals surface area contributed by atoms with Gasteiger partial charge in [-0.25, -0.2) is 4.99 Å². The van der Waals surface area contributed by atoms with Crippen molar-refractivity contribution in [3.05, 3.63) is 35.4 Å². The SMILES string of the molecule is CCNC(=NCc1cccc(C(=O)NC(C)(C)C)c1)N1CCC(OCCCOC)CC1. The third kappa shape index (κ3) is 9.27. The van der Waals surface area contributed by atoms with Gasteiger partial charge in [-0.05, 0) is 64.7 Å². The Balaban J connectivity index is 1.93. The second-order valence-electron chi connectivity index (χ2n) is 8.98. The number of rotatable bonds is 9. The molecule has 0 bridgehead atoms. The minimum Gasteiger partial charge on any atom is -0.385 e. The van der Waals surface area contributed by atoms with Crippen molar-refractivity contribution < 1.29 is 14.3 Å². The van der Waals surface area contributed by atoms with E-state index in [-0.39, 0.29) is 11.4 Å². The summed E-state index contributed by atoms with van der Waals surface area (Å²) in [6, 6.07) is 7.70. The number of aliphatic imine (C=N–C) groups is 1. The van der Waals surface area contributed by atoms with Gasteiger partial charge in [-0.3, -0.25) is 4.79 Å². The van der Waals surface area contributed by atoms with E-state index in [1.54, 1.807) is 7.11 Å². The van der Waals surface area contributed by atoms with Crippen molar-refractivity contribution in [2.45, 2.75) is 65.1 Å². The lowest BCUT2D eigenvalue weighted by molar-refractivity contribution is 0.00990. The van der Waals surface area contributed by atoms with Crippen molar-refractivity contribution in [3.8, 4) is 0 Å². The number of methoxy groups -OCH3 is 1. The first kappa shape index (κ1) is 25.1. The lowest BCUT2D eigenvalue weighted by Crippen LogP contribution is -2.47. The van der Waals surface area contributed by atoms with Gasteiger partial charge >= 0.3 is 0 Å². The molecule has 0 spiro atoms. The fourth-order valence-electron chi connectivity index (χ4n) is 3.50. The zero-order valence-electron chi connectivity index (χ0n) is 19.9. The molecule has 1 saturated heterocycles. The van der Waals surface area contributed by atoms with Crippen LogP contribution < -0.4 is 10.6 Å². The first-order valence-electron chi connectivity index (χ1n) is 11.4. The van der Waals surface area contributed by atoms with Crippen LogP contribution in [0.25, 0.3) is 0 Å². The zero-order chi connectivity index (χ0) is 22.7. The molecule has 174 valence electrons. The van der Waals surface area contributed by atoms with E-state index in [0.29, 0.717) is 18.2 Å². The van der Waals surface area contributed by atoms with E-state index in [1.165, 1.54) is 0 Å². The number of ether oxygens (including phenoxy) is 2. The lowest BCUT2D eigenvalue weighted by atomic mass is 10.1. The van der Waals surface area contributed by atoms with Crippen LogP contribution in [0.1, 0.15) is 62.9 Å². The number of hydrogen-bond donors (Lipinski definition) is 2. The number of piperidine rings is 1. The quantitative estimate of drug-likeness (QED) is 0.356. The Hall–Kier alpha value is -2.12. The Morgan fingerprint density at radius 3 is 2.61 bits per heavy atom. The van der Waals surface area contributed by atoms with Gasteiger partial charge in [0.25, 0.3) is 5.91 Å². The Kier molecular flexibility index (Phi) is 10.3. The summed E-state index contributed by atoms with van der Waals surface area (Å²) in [5.41, 5.74) is 1.43. The summed E-state index contributed by atoms with van der Waals surface area (Å²) < 4.78 is 11.0. The maximum atomic E-state index is 12.5. The number of guanidine groups is 1. The van der Waals surface area contributed by atoms with Crippen molar-refractivity contribution in [1.82, 2.24) is 15.5 Å². The van der Waals surface area contributed by atoms with E-state index in [1.807, 2.05) is 45.0 Å². The molecule has 1 aromatic carbocycles. The molecule has 1 amide bonds. The molecule has 1 aliphatic rings. The third-order valence-corrected chi connectivity index (χ3v) is 5.01. The van der Waals surface area contributed by atoms with Crippen molar-refractivity contribution in [1.29, 1.82) is 0 Å².